The highest BCUT2D eigenvalue weighted by molar-refractivity contribution is 7.80. The monoisotopic (exact) mass is 277 g/mol. The Morgan fingerprint density at radius 2 is 1.84 bits per heavy atom. The van der Waals surface area contributed by atoms with Gasteiger partial charge < -0.3 is 15.2 Å². The van der Waals surface area contributed by atoms with Gasteiger partial charge in [0.1, 0.15) is 16.5 Å². The van der Waals surface area contributed by atoms with Crippen LogP contribution in [0.5, 0.6) is 17.4 Å². The molecule has 0 spiro atoms. The summed E-state index contributed by atoms with van der Waals surface area (Å²) in [6.45, 7) is 1.84. The lowest BCUT2D eigenvalue weighted by atomic mass is 10.2. The van der Waals surface area contributed by atoms with Gasteiger partial charge >= 0.3 is 0 Å². The van der Waals surface area contributed by atoms with Crippen LogP contribution >= 0.6 is 12.2 Å². The molecule has 1 heterocycles. The van der Waals surface area contributed by atoms with Crippen LogP contribution in [0.1, 0.15) is 11.3 Å². The third kappa shape index (κ3) is 2.68. The molecule has 5 nitrogen and oxygen atoms in total. The molecule has 0 atom stereocenters. The molecule has 0 aliphatic rings. The van der Waals surface area contributed by atoms with Crippen molar-refractivity contribution in [1.82, 2.24) is 9.78 Å². The van der Waals surface area contributed by atoms with Crippen molar-refractivity contribution in [3.8, 4) is 17.4 Å². The molecular weight excluding hydrogens is 262 g/mol. The van der Waals surface area contributed by atoms with E-state index in [9.17, 15) is 0 Å². The van der Waals surface area contributed by atoms with E-state index in [0.717, 1.165) is 11.4 Å². The Bertz CT molecular complexity index is 605. The van der Waals surface area contributed by atoms with Crippen LogP contribution in [-0.4, -0.2) is 21.9 Å². The van der Waals surface area contributed by atoms with E-state index in [1.54, 1.807) is 18.8 Å². The molecule has 0 amide bonds. The van der Waals surface area contributed by atoms with Crippen molar-refractivity contribution >= 4 is 17.2 Å². The summed E-state index contributed by atoms with van der Waals surface area (Å²) in [7, 11) is 3.40. The second-order valence-corrected chi connectivity index (χ2v) is 4.47. The van der Waals surface area contributed by atoms with Crippen molar-refractivity contribution in [1.29, 1.82) is 0 Å². The topological polar surface area (TPSA) is 62.3 Å². The summed E-state index contributed by atoms with van der Waals surface area (Å²) < 4.78 is 12.5. The van der Waals surface area contributed by atoms with Gasteiger partial charge in [-0.1, -0.05) is 12.2 Å². The third-order valence-corrected chi connectivity index (χ3v) is 2.89. The van der Waals surface area contributed by atoms with Gasteiger partial charge in [-0.15, -0.1) is 0 Å². The van der Waals surface area contributed by atoms with E-state index in [1.807, 2.05) is 31.2 Å². The minimum Gasteiger partial charge on any atom is -0.497 e. The number of ether oxygens (including phenoxy) is 2. The number of thiocarbonyl (C=S) groups is 1. The van der Waals surface area contributed by atoms with Crippen molar-refractivity contribution in [3.05, 3.63) is 35.5 Å². The van der Waals surface area contributed by atoms with Crippen LogP contribution in [0.4, 0.5) is 0 Å². The highest BCUT2D eigenvalue weighted by atomic mass is 32.1. The highest BCUT2D eigenvalue weighted by Crippen LogP contribution is 2.28. The largest absolute Gasteiger partial charge is 0.497 e. The third-order valence-electron chi connectivity index (χ3n) is 2.69. The predicted octanol–water partition coefficient (Wildman–Crippen LogP) is 2.16. The maximum absolute atomic E-state index is 5.80. The van der Waals surface area contributed by atoms with Gasteiger partial charge in [0.25, 0.3) is 0 Å². The summed E-state index contributed by atoms with van der Waals surface area (Å²) in [6.07, 6.45) is 0. The van der Waals surface area contributed by atoms with Crippen LogP contribution in [0, 0.1) is 6.92 Å². The Morgan fingerprint density at radius 3 is 2.37 bits per heavy atom. The van der Waals surface area contributed by atoms with Gasteiger partial charge in [0.15, 0.2) is 0 Å². The zero-order valence-corrected chi connectivity index (χ0v) is 11.8. The van der Waals surface area contributed by atoms with Crippen molar-refractivity contribution in [2.75, 3.05) is 7.11 Å². The van der Waals surface area contributed by atoms with Crippen molar-refractivity contribution in [2.24, 2.45) is 12.8 Å². The molecule has 6 heteroatoms. The Kier molecular flexibility index (Phi) is 3.71. The van der Waals surface area contributed by atoms with Gasteiger partial charge in [-0.25, -0.2) is 4.68 Å². The average Bonchev–Trinajstić information content (AvgIpc) is 2.65. The summed E-state index contributed by atoms with van der Waals surface area (Å²) in [5, 5.41) is 4.26. The number of rotatable bonds is 4. The molecule has 0 aliphatic heterocycles. The number of methoxy groups -OCH3 is 1. The molecular formula is C13H15N3O2S. The zero-order valence-electron chi connectivity index (χ0n) is 11.0. The van der Waals surface area contributed by atoms with Gasteiger partial charge in [0, 0.05) is 7.05 Å². The number of benzene rings is 1. The molecule has 0 fully saturated rings. The summed E-state index contributed by atoms with van der Waals surface area (Å²) in [4.78, 5) is 0.272. The predicted molar refractivity (Wildman–Crippen MR) is 76.9 cm³/mol. The fourth-order valence-electron chi connectivity index (χ4n) is 1.79. The van der Waals surface area contributed by atoms with E-state index in [4.69, 9.17) is 27.4 Å². The van der Waals surface area contributed by atoms with E-state index in [2.05, 4.69) is 5.10 Å². The Morgan fingerprint density at radius 1 is 1.26 bits per heavy atom. The first-order valence-corrected chi connectivity index (χ1v) is 6.09. The molecule has 0 bridgehead atoms. The number of nitrogens with two attached hydrogens (primary N) is 1. The summed E-state index contributed by atoms with van der Waals surface area (Å²) in [6, 6.07) is 7.26. The second-order valence-electron chi connectivity index (χ2n) is 4.03. The fourth-order valence-corrected chi connectivity index (χ4v) is 2.03. The molecule has 0 aliphatic carbocycles. The Labute approximate surface area is 116 Å². The van der Waals surface area contributed by atoms with E-state index in [-0.39, 0.29) is 4.99 Å². The standard InChI is InChI=1S/C13H15N3O2S/c1-8-11(12(14)19)13(16(2)15-8)18-10-6-4-9(17-3)5-7-10/h4-7H,1-3H3,(H2,14,19). The number of nitrogens with zero attached hydrogens (tertiary/aromatic N) is 2. The van der Waals surface area contributed by atoms with Crippen LogP contribution in [0.2, 0.25) is 0 Å². The first kappa shape index (κ1) is 13.4. The minimum atomic E-state index is 0.272. The molecule has 0 radical (unpaired) electrons. The van der Waals surface area contributed by atoms with E-state index < -0.39 is 0 Å². The van der Waals surface area contributed by atoms with Crippen molar-refractivity contribution in [3.63, 3.8) is 0 Å². The minimum absolute atomic E-state index is 0.272. The smallest absolute Gasteiger partial charge is 0.228 e. The molecule has 0 saturated heterocycles. The van der Waals surface area contributed by atoms with Crippen molar-refractivity contribution < 1.29 is 9.47 Å². The van der Waals surface area contributed by atoms with Crippen LogP contribution in [0.25, 0.3) is 0 Å². The molecule has 1 aromatic carbocycles. The van der Waals surface area contributed by atoms with E-state index >= 15 is 0 Å². The Hall–Kier alpha value is -2.08. The molecule has 2 N–H and O–H groups in total. The summed E-state index contributed by atoms with van der Waals surface area (Å²) in [5.74, 6) is 1.97. The normalized spacial score (nSPS) is 10.3. The molecule has 1 aromatic heterocycles. The van der Waals surface area contributed by atoms with Crippen LogP contribution in [-0.2, 0) is 7.05 Å². The van der Waals surface area contributed by atoms with Gasteiger partial charge in [0.05, 0.1) is 18.4 Å². The van der Waals surface area contributed by atoms with Gasteiger partial charge in [0.2, 0.25) is 5.88 Å². The molecule has 0 saturated carbocycles. The number of aromatic nitrogens is 2. The second kappa shape index (κ2) is 5.27. The van der Waals surface area contributed by atoms with E-state index in [1.165, 1.54) is 0 Å². The lowest BCUT2D eigenvalue weighted by Gasteiger charge is -2.08. The zero-order chi connectivity index (χ0) is 14.0. The first-order chi connectivity index (χ1) is 9.02. The lowest BCUT2D eigenvalue weighted by Crippen LogP contribution is -2.11. The molecule has 0 unspecified atom stereocenters. The van der Waals surface area contributed by atoms with Crippen LogP contribution in [0.3, 0.4) is 0 Å². The quantitative estimate of drug-likeness (QED) is 0.868. The highest BCUT2D eigenvalue weighted by Gasteiger charge is 2.17. The number of hydrogen-bond acceptors (Lipinski definition) is 4. The van der Waals surface area contributed by atoms with E-state index in [0.29, 0.717) is 17.2 Å². The number of hydrogen-bond donors (Lipinski definition) is 1. The summed E-state index contributed by atoms with van der Waals surface area (Å²) >= 11 is 5.03. The molecule has 100 valence electrons. The molecule has 2 rings (SSSR count). The number of aryl methyl sites for hydroxylation is 2. The fraction of sp³-hybridized carbons (Fsp3) is 0.231. The van der Waals surface area contributed by atoms with Gasteiger partial charge in [-0.05, 0) is 31.2 Å². The SMILES string of the molecule is COc1ccc(Oc2c(C(N)=S)c(C)nn2C)cc1. The maximum Gasteiger partial charge on any atom is 0.228 e. The van der Waals surface area contributed by atoms with Gasteiger partial charge in [-0.2, -0.15) is 5.10 Å². The lowest BCUT2D eigenvalue weighted by molar-refractivity contribution is 0.409. The summed E-state index contributed by atoms with van der Waals surface area (Å²) in [5.41, 5.74) is 7.12. The van der Waals surface area contributed by atoms with Crippen LogP contribution in [0.15, 0.2) is 24.3 Å². The molecule has 19 heavy (non-hydrogen) atoms. The van der Waals surface area contributed by atoms with Crippen molar-refractivity contribution in [2.45, 2.75) is 6.92 Å². The molecule has 2 aromatic rings. The average molecular weight is 277 g/mol. The van der Waals surface area contributed by atoms with Crippen LogP contribution < -0.4 is 15.2 Å². The van der Waals surface area contributed by atoms with Gasteiger partial charge in [-0.3, -0.25) is 0 Å². The first-order valence-electron chi connectivity index (χ1n) is 5.68. The maximum atomic E-state index is 5.80. The Balaban J connectivity index is 2.34.